The van der Waals surface area contributed by atoms with Gasteiger partial charge in [0.05, 0.1) is 0 Å². The number of halogens is 1. The lowest BCUT2D eigenvalue weighted by atomic mass is 9.97. The molecule has 0 fully saturated rings. The maximum atomic E-state index is 5.23. The minimum atomic E-state index is 0. The highest BCUT2D eigenvalue weighted by molar-refractivity contribution is 14.0. The van der Waals surface area contributed by atoms with Gasteiger partial charge in [-0.05, 0) is 32.1 Å². The Balaban J connectivity index is 0.00000288. The molecule has 0 unspecified atom stereocenters. The fraction of sp³-hybridized carbons (Fsp3) is 0.706. The van der Waals surface area contributed by atoms with Crippen molar-refractivity contribution in [2.75, 3.05) is 20.1 Å². The summed E-state index contributed by atoms with van der Waals surface area (Å²) in [6.07, 6.45) is 9.36. The van der Waals surface area contributed by atoms with Gasteiger partial charge in [0, 0.05) is 32.5 Å². The van der Waals surface area contributed by atoms with Crippen LogP contribution in [0, 0.1) is 0 Å². The van der Waals surface area contributed by atoms with Crippen LogP contribution in [0.15, 0.2) is 21.2 Å². The summed E-state index contributed by atoms with van der Waals surface area (Å²) in [6, 6.07) is 0. The molecule has 1 aliphatic rings. The van der Waals surface area contributed by atoms with Gasteiger partial charge in [0.25, 0.3) is 0 Å². The van der Waals surface area contributed by atoms with Gasteiger partial charge < -0.3 is 15.2 Å². The minimum Gasteiger partial charge on any atom is -0.356 e. The zero-order chi connectivity index (χ0) is 16.5. The number of hydrogen-bond donors (Lipinski definition) is 2. The number of guanidine groups is 1. The minimum absolute atomic E-state index is 0. The van der Waals surface area contributed by atoms with Crippen molar-refractivity contribution in [3.05, 3.63) is 23.4 Å². The highest BCUT2D eigenvalue weighted by Crippen LogP contribution is 2.19. The van der Waals surface area contributed by atoms with Crippen LogP contribution < -0.4 is 10.6 Å². The molecule has 1 aromatic rings. The standard InChI is InChI=1S/C17H29N5O.HI/c1-13(2)16-21-15(23-22-16)10-12-20-17(18-3)19-11-9-14-7-5-4-6-8-14;/h7,13H,4-6,8-12H2,1-3H3,(H2,18,19,20);1H. The summed E-state index contributed by atoms with van der Waals surface area (Å²) in [5.41, 5.74) is 1.58. The third-order valence-corrected chi connectivity index (χ3v) is 3.98. The molecule has 0 aromatic carbocycles. The van der Waals surface area contributed by atoms with E-state index in [4.69, 9.17) is 4.52 Å². The Labute approximate surface area is 162 Å². The molecule has 1 aromatic heterocycles. The summed E-state index contributed by atoms with van der Waals surface area (Å²) in [5.74, 6) is 2.56. The first kappa shape index (κ1) is 20.9. The summed E-state index contributed by atoms with van der Waals surface area (Å²) in [7, 11) is 1.79. The van der Waals surface area contributed by atoms with Gasteiger partial charge in [0.1, 0.15) is 0 Å². The van der Waals surface area contributed by atoms with E-state index in [-0.39, 0.29) is 24.0 Å². The third kappa shape index (κ3) is 7.19. The van der Waals surface area contributed by atoms with E-state index in [2.05, 4.69) is 45.7 Å². The van der Waals surface area contributed by atoms with Crippen LogP contribution in [0.3, 0.4) is 0 Å². The van der Waals surface area contributed by atoms with Gasteiger partial charge in [-0.1, -0.05) is 30.7 Å². The van der Waals surface area contributed by atoms with E-state index in [0.29, 0.717) is 18.2 Å². The lowest BCUT2D eigenvalue weighted by Crippen LogP contribution is -2.38. The van der Waals surface area contributed by atoms with Crippen LogP contribution in [-0.2, 0) is 6.42 Å². The van der Waals surface area contributed by atoms with Crippen LogP contribution in [0.2, 0.25) is 0 Å². The fourth-order valence-corrected chi connectivity index (χ4v) is 2.59. The SMILES string of the molecule is CN=C(NCCC1=CCCCC1)NCCc1nc(C(C)C)no1.I. The molecule has 0 amide bonds. The topological polar surface area (TPSA) is 75.3 Å². The molecule has 1 aliphatic carbocycles. The predicted octanol–water partition coefficient (Wildman–Crippen LogP) is 3.41. The molecule has 136 valence electrons. The van der Waals surface area contributed by atoms with Crippen molar-refractivity contribution < 1.29 is 4.52 Å². The summed E-state index contributed by atoms with van der Waals surface area (Å²) in [4.78, 5) is 8.61. The van der Waals surface area contributed by atoms with Gasteiger partial charge in [-0.25, -0.2) is 0 Å². The summed E-state index contributed by atoms with van der Waals surface area (Å²) >= 11 is 0. The monoisotopic (exact) mass is 447 g/mol. The van der Waals surface area contributed by atoms with Gasteiger partial charge in [-0.2, -0.15) is 4.98 Å². The van der Waals surface area contributed by atoms with Gasteiger partial charge in [0.2, 0.25) is 5.89 Å². The van der Waals surface area contributed by atoms with E-state index in [1.54, 1.807) is 12.6 Å². The molecule has 0 spiro atoms. The van der Waals surface area contributed by atoms with Crippen LogP contribution >= 0.6 is 24.0 Å². The maximum absolute atomic E-state index is 5.23. The second kappa shape index (κ2) is 11.4. The van der Waals surface area contributed by atoms with Crippen molar-refractivity contribution in [2.45, 2.75) is 58.3 Å². The van der Waals surface area contributed by atoms with E-state index in [1.165, 1.54) is 25.7 Å². The number of nitrogens with one attached hydrogen (secondary N) is 2. The van der Waals surface area contributed by atoms with Crippen LogP contribution in [0.1, 0.15) is 63.6 Å². The molecule has 0 saturated heterocycles. The molecule has 24 heavy (non-hydrogen) atoms. The largest absolute Gasteiger partial charge is 0.356 e. The van der Waals surface area contributed by atoms with Gasteiger partial charge >= 0.3 is 0 Å². The number of allylic oxidation sites excluding steroid dienone is 1. The Kier molecular flexibility index (Phi) is 9.97. The average Bonchev–Trinajstić information content (AvgIpc) is 3.03. The van der Waals surface area contributed by atoms with Crippen LogP contribution in [-0.4, -0.2) is 36.2 Å². The Morgan fingerprint density at radius 2 is 2.00 bits per heavy atom. The zero-order valence-corrected chi connectivity index (χ0v) is 17.3. The predicted molar refractivity (Wildman–Crippen MR) is 108 cm³/mol. The Morgan fingerprint density at radius 3 is 2.58 bits per heavy atom. The highest BCUT2D eigenvalue weighted by atomic mass is 127. The molecule has 2 rings (SSSR count). The number of aromatic nitrogens is 2. The van der Waals surface area contributed by atoms with Gasteiger partial charge in [-0.15, -0.1) is 24.0 Å². The van der Waals surface area contributed by atoms with Crippen molar-refractivity contribution in [1.29, 1.82) is 0 Å². The van der Waals surface area contributed by atoms with E-state index in [0.717, 1.165) is 31.3 Å². The van der Waals surface area contributed by atoms with Crippen molar-refractivity contribution in [2.24, 2.45) is 4.99 Å². The van der Waals surface area contributed by atoms with Crippen molar-refractivity contribution in [3.63, 3.8) is 0 Å². The Morgan fingerprint density at radius 1 is 1.25 bits per heavy atom. The van der Waals surface area contributed by atoms with Gasteiger partial charge in [-0.3, -0.25) is 4.99 Å². The highest BCUT2D eigenvalue weighted by Gasteiger charge is 2.09. The fourth-order valence-electron chi connectivity index (χ4n) is 2.59. The van der Waals surface area contributed by atoms with Crippen LogP contribution in [0.25, 0.3) is 0 Å². The quantitative estimate of drug-likeness (QED) is 0.290. The summed E-state index contributed by atoms with van der Waals surface area (Å²) in [6.45, 7) is 5.76. The molecule has 1 heterocycles. The molecule has 2 N–H and O–H groups in total. The molecule has 0 bridgehead atoms. The second-order valence-electron chi connectivity index (χ2n) is 6.23. The molecular formula is C17H30IN5O. The van der Waals surface area contributed by atoms with E-state index in [9.17, 15) is 0 Å². The normalized spacial score (nSPS) is 15.0. The smallest absolute Gasteiger partial charge is 0.228 e. The van der Waals surface area contributed by atoms with Crippen molar-refractivity contribution >= 4 is 29.9 Å². The second-order valence-corrected chi connectivity index (χ2v) is 6.23. The van der Waals surface area contributed by atoms with Gasteiger partial charge in [0.15, 0.2) is 11.8 Å². The number of nitrogens with zero attached hydrogens (tertiary/aromatic N) is 3. The molecular weight excluding hydrogens is 417 g/mol. The number of hydrogen-bond acceptors (Lipinski definition) is 4. The van der Waals surface area contributed by atoms with E-state index in [1.807, 2.05) is 0 Å². The van der Waals surface area contributed by atoms with Crippen molar-refractivity contribution in [3.8, 4) is 0 Å². The number of aliphatic imine (C=N–C) groups is 1. The van der Waals surface area contributed by atoms with Crippen molar-refractivity contribution in [1.82, 2.24) is 20.8 Å². The molecule has 6 nitrogen and oxygen atoms in total. The lowest BCUT2D eigenvalue weighted by Gasteiger charge is -2.14. The molecule has 7 heteroatoms. The first-order valence-electron chi connectivity index (χ1n) is 8.64. The summed E-state index contributed by atoms with van der Waals surface area (Å²) in [5, 5.41) is 10.6. The average molecular weight is 447 g/mol. The van der Waals surface area contributed by atoms with E-state index < -0.39 is 0 Å². The molecule has 0 radical (unpaired) electrons. The maximum Gasteiger partial charge on any atom is 0.228 e. The molecule has 0 saturated carbocycles. The molecule has 0 atom stereocenters. The third-order valence-electron chi connectivity index (χ3n) is 3.98. The Hall–Kier alpha value is -1.12. The zero-order valence-electron chi connectivity index (χ0n) is 15.0. The number of rotatable bonds is 7. The first-order chi connectivity index (χ1) is 11.2. The van der Waals surface area contributed by atoms with Crippen LogP contribution in [0.5, 0.6) is 0 Å². The van der Waals surface area contributed by atoms with Crippen LogP contribution in [0.4, 0.5) is 0 Å². The summed E-state index contributed by atoms with van der Waals surface area (Å²) < 4.78 is 5.23. The molecule has 0 aliphatic heterocycles. The lowest BCUT2D eigenvalue weighted by molar-refractivity contribution is 0.371. The Bertz CT molecular complexity index is 539. The first-order valence-corrected chi connectivity index (χ1v) is 8.64. The van der Waals surface area contributed by atoms with E-state index >= 15 is 0 Å².